The van der Waals surface area contributed by atoms with Crippen molar-refractivity contribution in [2.75, 3.05) is 0 Å². The van der Waals surface area contributed by atoms with Crippen LogP contribution < -0.4 is 4.74 Å². The number of benzene rings is 1. The molecule has 0 spiro atoms. The second kappa shape index (κ2) is 5.98. The van der Waals surface area contributed by atoms with Crippen LogP contribution in [-0.2, 0) is 4.79 Å². The number of nitrogens with zero attached hydrogens (tertiary/aromatic N) is 1. The fraction of sp³-hybridized carbons (Fsp3) is 0.417. The van der Waals surface area contributed by atoms with Gasteiger partial charge in [0.05, 0.1) is 10.8 Å². The lowest BCUT2D eigenvalue weighted by Gasteiger charge is -2.09. The molecular formula is C12H15NO4. The van der Waals surface area contributed by atoms with Gasteiger partial charge in [-0.05, 0) is 18.6 Å². The van der Waals surface area contributed by atoms with Crippen molar-refractivity contribution < 1.29 is 14.5 Å². The van der Waals surface area contributed by atoms with Crippen molar-refractivity contribution in [3.63, 3.8) is 0 Å². The number of rotatable bonds is 5. The third-order valence-corrected chi connectivity index (χ3v) is 2.39. The zero-order valence-corrected chi connectivity index (χ0v) is 9.88. The van der Waals surface area contributed by atoms with Crippen molar-refractivity contribution in [1.82, 2.24) is 0 Å². The van der Waals surface area contributed by atoms with Gasteiger partial charge in [-0.15, -0.1) is 0 Å². The highest BCUT2D eigenvalue weighted by Gasteiger charge is 2.14. The van der Waals surface area contributed by atoms with Gasteiger partial charge in [-0.25, -0.2) is 0 Å². The van der Waals surface area contributed by atoms with Gasteiger partial charge in [0.1, 0.15) is 5.75 Å². The first kappa shape index (κ1) is 13.2. The maximum atomic E-state index is 11.6. The van der Waals surface area contributed by atoms with Gasteiger partial charge < -0.3 is 4.74 Å². The molecule has 0 aliphatic heterocycles. The topological polar surface area (TPSA) is 69.4 Å². The number of carbonyl (C=O) groups is 1. The quantitative estimate of drug-likeness (QED) is 0.341. The number of ether oxygens (including phenoxy) is 1. The van der Waals surface area contributed by atoms with Crippen LogP contribution in [0, 0.1) is 16.0 Å². The summed E-state index contributed by atoms with van der Waals surface area (Å²) in [4.78, 5) is 21.5. The normalized spacial score (nSPS) is 11.9. The Hall–Kier alpha value is -1.91. The summed E-state index contributed by atoms with van der Waals surface area (Å²) in [6, 6.07) is 5.48. The van der Waals surface area contributed by atoms with Crippen LogP contribution in [-0.4, -0.2) is 10.9 Å². The Morgan fingerprint density at radius 1 is 1.41 bits per heavy atom. The van der Waals surface area contributed by atoms with Gasteiger partial charge >= 0.3 is 5.97 Å². The van der Waals surface area contributed by atoms with Crippen molar-refractivity contribution in [1.29, 1.82) is 0 Å². The molecule has 0 N–H and O–H groups in total. The summed E-state index contributed by atoms with van der Waals surface area (Å²) in [6.45, 7) is 3.80. The van der Waals surface area contributed by atoms with E-state index >= 15 is 0 Å². The maximum Gasteiger partial charge on any atom is 0.314 e. The first-order chi connectivity index (χ1) is 8.04. The zero-order valence-electron chi connectivity index (χ0n) is 9.88. The Bertz CT molecular complexity index is 399. The molecule has 0 fully saturated rings. The third kappa shape index (κ3) is 3.86. The first-order valence-electron chi connectivity index (χ1n) is 5.50. The largest absolute Gasteiger partial charge is 0.426 e. The number of nitro groups is 1. The summed E-state index contributed by atoms with van der Waals surface area (Å²) < 4.78 is 5.10. The lowest BCUT2D eigenvalue weighted by molar-refractivity contribution is -0.384. The number of carbonyl (C=O) groups excluding carboxylic acids is 1. The Morgan fingerprint density at radius 3 is 2.47 bits per heavy atom. The van der Waals surface area contributed by atoms with Crippen LogP contribution in [0.2, 0.25) is 0 Å². The highest BCUT2D eigenvalue weighted by molar-refractivity contribution is 5.74. The van der Waals surface area contributed by atoms with Gasteiger partial charge in [-0.3, -0.25) is 14.9 Å². The maximum absolute atomic E-state index is 11.6. The average molecular weight is 237 g/mol. The predicted molar refractivity (Wildman–Crippen MR) is 62.8 cm³/mol. The van der Waals surface area contributed by atoms with Crippen LogP contribution in [0.25, 0.3) is 0 Å². The number of non-ortho nitro benzene ring substituents is 1. The van der Waals surface area contributed by atoms with Crippen molar-refractivity contribution in [3.8, 4) is 5.75 Å². The lowest BCUT2D eigenvalue weighted by Crippen LogP contribution is -2.17. The second-order valence-electron chi connectivity index (χ2n) is 3.86. The molecule has 92 valence electrons. The van der Waals surface area contributed by atoms with Crippen LogP contribution in [0.3, 0.4) is 0 Å². The predicted octanol–water partition coefficient (Wildman–Crippen LogP) is 2.94. The molecule has 0 bridgehead atoms. The van der Waals surface area contributed by atoms with Crippen LogP contribution in [0.5, 0.6) is 5.75 Å². The standard InChI is InChI=1S/C12H15NO4/c1-3-4-9(2)12(14)17-11-7-5-10(6-8-11)13(15)16/h5-9H,3-4H2,1-2H3/t9-/m1/s1. The number of hydrogen-bond donors (Lipinski definition) is 0. The summed E-state index contributed by atoms with van der Waals surface area (Å²) >= 11 is 0. The molecule has 0 amide bonds. The molecule has 1 aromatic carbocycles. The molecule has 0 saturated heterocycles. The van der Waals surface area contributed by atoms with Crippen LogP contribution >= 0.6 is 0 Å². The second-order valence-corrected chi connectivity index (χ2v) is 3.86. The Labute approximate surface area is 99.5 Å². The first-order valence-corrected chi connectivity index (χ1v) is 5.50. The van der Waals surface area contributed by atoms with Crippen molar-refractivity contribution in [3.05, 3.63) is 34.4 Å². The number of nitro benzene ring substituents is 1. The van der Waals surface area contributed by atoms with Gasteiger partial charge in [0.25, 0.3) is 5.69 Å². The lowest BCUT2D eigenvalue weighted by atomic mass is 10.1. The smallest absolute Gasteiger partial charge is 0.314 e. The van der Waals surface area contributed by atoms with E-state index in [1.165, 1.54) is 24.3 Å². The molecule has 0 aliphatic rings. The third-order valence-electron chi connectivity index (χ3n) is 2.39. The molecule has 5 nitrogen and oxygen atoms in total. The van der Waals surface area contributed by atoms with Crippen molar-refractivity contribution in [2.45, 2.75) is 26.7 Å². The number of hydrogen-bond acceptors (Lipinski definition) is 4. The average Bonchev–Trinajstić information content (AvgIpc) is 2.30. The molecule has 1 atom stereocenters. The van der Waals surface area contributed by atoms with E-state index in [1.54, 1.807) is 6.92 Å². The van der Waals surface area contributed by atoms with Crippen molar-refractivity contribution in [2.24, 2.45) is 5.92 Å². The highest BCUT2D eigenvalue weighted by atomic mass is 16.6. The summed E-state index contributed by atoms with van der Waals surface area (Å²) in [6.07, 6.45) is 1.68. The van der Waals surface area contributed by atoms with E-state index < -0.39 is 4.92 Å². The van der Waals surface area contributed by atoms with Crippen molar-refractivity contribution >= 4 is 11.7 Å². The van der Waals surface area contributed by atoms with Crippen LogP contribution in [0.15, 0.2) is 24.3 Å². The highest BCUT2D eigenvalue weighted by Crippen LogP contribution is 2.19. The van der Waals surface area contributed by atoms with Gasteiger partial charge in [0.15, 0.2) is 0 Å². The van der Waals surface area contributed by atoms with Gasteiger partial charge in [0.2, 0.25) is 0 Å². The van der Waals surface area contributed by atoms with E-state index in [0.29, 0.717) is 5.75 Å². The number of esters is 1. The van der Waals surface area contributed by atoms with E-state index in [1.807, 2.05) is 6.92 Å². The Balaban J connectivity index is 2.63. The fourth-order valence-electron chi connectivity index (χ4n) is 1.40. The minimum Gasteiger partial charge on any atom is -0.426 e. The monoisotopic (exact) mass is 237 g/mol. The van der Waals surface area contributed by atoms with Gasteiger partial charge in [-0.1, -0.05) is 20.3 Å². The molecule has 1 aromatic rings. The summed E-state index contributed by atoms with van der Waals surface area (Å²) in [5, 5.41) is 10.4. The molecule has 17 heavy (non-hydrogen) atoms. The minimum atomic E-state index is -0.495. The van der Waals surface area contributed by atoms with E-state index in [4.69, 9.17) is 4.74 Å². The minimum absolute atomic E-state index is 0.0218. The summed E-state index contributed by atoms with van der Waals surface area (Å²) in [5.74, 6) is -0.126. The van der Waals surface area contributed by atoms with Crippen LogP contribution in [0.1, 0.15) is 26.7 Å². The molecule has 5 heteroatoms. The molecular weight excluding hydrogens is 222 g/mol. The van der Waals surface area contributed by atoms with Gasteiger partial charge in [0, 0.05) is 12.1 Å². The molecule has 0 radical (unpaired) electrons. The fourth-order valence-corrected chi connectivity index (χ4v) is 1.40. The molecule has 0 saturated carbocycles. The Morgan fingerprint density at radius 2 is 2.00 bits per heavy atom. The molecule has 0 aliphatic carbocycles. The zero-order chi connectivity index (χ0) is 12.8. The van der Waals surface area contributed by atoms with E-state index in [2.05, 4.69) is 0 Å². The SMILES string of the molecule is CCC[C@@H](C)C(=O)Oc1ccc([N+](=O)[O-])cc1. The molecule has 0 heterocycles. The van der Waals surface area contributed by atoms with E-state index in [0.717, 1.165) is 12.8 Å². The molecule has 0 unspecified atom stereocenters. The van der Waals surface area contributed by atoms with Gasteiger partial charge in [-0.2, -0.15) is 0 Å². The molecule has 1 rings (SSSR count). The molecule has 0 aromatic heterocycles. The summed E-state index contributed by atoms with van der Waals surface area (Å²) in [5.41, 5.74) is -0.0218. The Kier molecular flexibility index (Phi) is 4.63. The van der Waals surface area contributed by atoms with E-state index in [-0.39, 0.29) is 17.6 Å². The van der Waals surface area contributed by atoms with E-state index in [9.17, 15) is 14.9 Å². The summed E-state index contributed by atoms with van der Waals surface area (Å²) in [7, 11) is 0. The van der Waals surface area contributed by atoms with Crippen LogP contribution in [0.4, 0.5) is 5.69 Å².